The summed E-state index contributed by atoms with van der Waals surface area (Å²) >= 11 is 0. The molecule has 14 aromatic rings. The first kappa shape index (κ1) is 40.5. The highest BCUT2D eigenvalue weighted by molar-refractivity contribution is 7.21. The topological polar surface area (TPSA) is 45.9 Å². The van der Waals surface area contributed by atoms with Crippen LogP contribution in [0.25, 0.3) is 76.9 Å². The highest BCUT2D eigenvalue weighted by Crippen LogP contribution is 2.44. The van der Waals surface area contributed by atoms with Crippen LogP contribution >= 0.6 is 0 Å². The Hall–Kier alpha value is -9.36. The molecule has 0 unspecified atom stereocenters. The maximum Gasteiger partial charge on any atom is 0.184 e. The molecule has 0 atom stereocenters. The van der Waals surface area contributed by atoms with Crippen molar-refractivity contribution in [1.82, 2.24) is 0 Å². The van der Waals surface area contributed by atoms with Crippen LogP contribution < -0.4 is 30.5 Å². The normalized spacial score (nSPS) is 13.1. The molecule has 0 fully saturated rings. The van der Waals surface area contributed by atoms with Crippen LogP contribution in [0.1, 0.15) is 0 Å². The molecule has 15 rings (SSSR count). The van der Waals surface area contributed by atoms with Gasteiger partial charge in [-0.15, -0.1) is 0 Å². The third-order valence-corrected chi connectivity index (χ3v) is 19.7. The van der Waals surface area contributed by atoms with E-state index in [-0.39, 0.29) is 0 Å². The Balaban J connectivity index is 0.999. The lowest BCUT2D eigenvalue weighted by atomic mass is 10.0. The van der Waals surface area contributed by atoms with Crippen LogP contribution in [0.15, 0.2) is 268 Å². The molecule has 1 aliphatic heterocycles. The first-order chi connectivity index (χ1) is 35.7. The second kappa shape index (κ2) is 15.8. The van der Waals surface area contributed by atoms with Gasteiger partial charge in [-0.25, -0.2) is 0 Å². The largest absolute Gasteiger partial charge is 0.456 e. The quantitative estimate of drug-likeness (QED) is 0.149. The number of furan rings is 3. The number of hydrogen-bond acceptors (Lipinski definition) is 5. The fraction of sp³-hybridized carbons (Fsp3) is 0. The Morgan fingerprint density at radius 2 is 0.764 bits per heavy atom. The second-order valence-electron chi connectivity index (χ2n) is 18.8. The van der Waals surface area contributed by atoms with Crippen LogP contribution in [0.3, 0.4) is 0 Å². The van der Waals surface area contributed by atoms with Crippen LogP contribution in [0.5, 0.6) is 0 Å². The summed E-state index contributed by atoms with van der Waals surface area (Å²) in [4.78, 5) is 4.76. The molecule has 6 heteroatoms. The minimum Gasteiger partial charge on any atom is -0.456 e. The number of anilines is 6. The van der Waals surface area contributed by atoms with Crippen molar-refractivity contribution in [3.8, 4) is 11.1 Å². The molecule has 11 aromatic carbocycles. The Labute approximate surface area is 415 Å². The smallest absolute Gasteiger partial charge is 0.184 e. The molecule has 3 aromatic heterocycles. The van der Waals surface area contributed by atoms with Gasteiger partial charge in [0, 0.05) is 72.5 Å². The summed E-state index contributed by atoms with van der Waals surface area (Å²) in [7, 11) is -3.33. The van der Waals surface area contributed by atoms with Gasteiger partial charge in [-0.3, -0.25) is 0 Å². The van der Waals surface area contributed by atoms with E-state index in [9.17, 15) is 0 Å². The number of para-hydroxylation sites is 5. The van der Waals surface area contributed by atoms with Crippen molar-refractivity contribution >= 4 is 129 Å². The van der Waals surface area contributed by atoms with Crippen molar-refractivity contribution in [2.24, 2.45) is 0 Å². The van der Waals surface area contributed by atoms with Gasteiger partial charge in [0.05, 0.1) is 0 Å². The second-order valence-corrected chi connectivity index (χ2v) is 22.5. The lowest BCUT2D eigenvalue weighted by molar-refractivity contribution is 0.669. The number of fused-ring (bicyclic) bond motifs is 11. The molecule has 1 aliphatic rings. The van der Waals surface area contributed by atoms with Crippen molar-refractivity contribution in [1.29, 1.82) is 0 Å². The standard InChI is InChI=1S/C66H42N2O3Si/c1-4-16-43(17-5-1)44-28-30-47(31-29-44)67(45-18-6-2-7-19-45)48-32-35-55-56-41-58-66(42-64(56)71-61(55)38-48)72(49-33-36-53-51-22-10-13-25-59(51)69-62(53)39-49,50-34-37-54-52-23-11-14-26-60(52)70-63(54)40-50)65-27-15-12-24-57(65)68(58)46-20-8-3-9-21-46/h1-42H. The molecule has 0 amide bonds. The van der Waals surface area contributed by atoms with Crippen LogP contribution in [0.4, 0.5) is 34.1 Å². The van der Waals surface area contributed by atoms with E-state index in [1.54, 1.807) is 0 Å². The van der Waals surface area contributed by atoms with E-state index in [2.05, 4.69) is 252 Å². The molecule has 0 radical (unpaired) electrons. The summed E-state index contributed by atoms with van der Waals surface area (Å²) in [5.41, 5.74) is 14.0. The van der Waals surface area contributed by atoms with Gasteiger partial charge in [0.15, 0.2) is 8.07 Å². The van der Waals surface area contributed by atoms with Crippen molar-refractivity contribution in [3.63, 3.8) is 0 Å². The van der Waals surface area contributed by atoms with Gasteiger partial charge in [0.1, 0.15) is 33.5 Å². The van der Waals surface area contributed by atoms with Crippen LogP contribution in [0.2, 0.25) is 0 Å². The number of nitrogens with zero attached hydrogens (tertiary/aromatic N) is 2. The molecule has 0 bridgehead atoms. The molecule has 0 N–H and O–H groups in total. The summed E-state index contributed by atoms with van der Waals surface area (Å²) in [6, 6.07) is 91.7. The van der Waals surface area contributed by atoms with Crippen LogP contribution in [-0.4, -0.2) is 8.07 Å². The van der Waals surface area contributed by atoms with Gasteiger partial charge in [0.25, 0.3) is 0 Å². The van der Waals surface area contributed by atoms with Gasteiger partial charge < -0.3 is 23.1 Å². The molecule has 0 saturated carbocycles. The van der Waals surface area contributed by atoms with Crippen molar-refractivity contribution < 1.29 is 13.3 Å². The number of rotatable bonds is 7. The zero-order chi connectivity index (χ0) is 47.3. The highest BCUT2D eigenvalue weighted by Gasteiger charge is 2.50. The Morgan fingerprint density at radius 1 is 0.292 bits per heavy atom. The average molecular weight is 939 g/mol. The number of hydrogen-bond donors (Lipinski definition) is 0. The van der Waals surface area contributed by atoms with E-state index in [1.165, 1.54) is 31.9 Å². The molecular weight excluding hydrogens is 897 g/mol. The Morgan fingerprint density at radius 3 is 1.44 bits per heavy atom. The summed E-state index contributed by atoms with van der Waals surface area (Å²) in [6.45, 7) is 0. The SMILES string of the molecule is c1ccc(-c2ccc(N(c3ccccc3)c3ccc4c(c3)oc3cc5c(cc34)N(c3ccccc3)c3ccccc3[Si]5(c3ccc4c(c3)oc3ccccc34)c3ccc4c(c3)oc3ccccc34)cc2)cc1. The summed E-state index contributed by atoms with van der Waals surface area (Å²) in [5.74, 6) is 0. The highest BCUT2D eigenvalue weighted by atomic mass is 28.3. The van der Waals surface area contributed by atoms with Crippen LogP contribution in [-0.2, 0) is 0 Å². The van der Waals surface area contributed by atoms with Crippen LogP contribution in [0, 0.1) is 0 Å². The van der Waals surface area contributed by atoms with Crippen molar-refractivity contribution in [3.05, 3.63) is 255 Å². The molecule has 0 spiro atoms. The predicted octanol–water partition coefficient (Wildman–Crippen LogP) is 15.7. The number of benzene rings is 11. The van der Waals surface area contributed by atoms with E-state index >= 15 is 0 Å². The minimum absolute atomic E-state index is 0.815. The molecule has 5 nitrogen and oxygen atoms in total. The summed E-state index contributed by atoms with van der Waals surface area (Å²) in [6.07, 6.45) is 0. The first-order valence-corrected chi connectivity index (χ1v) is 26.5. The molecule has 338 valence electrons. The third-order valence-electron chi connectivity index (χ3n) is 14.9. The predicted molar refractivity (Wildman–Crippen MR) is 300 cm³/mol. The van der Waals surface area contributed by atoms with E-state index < -0.39 is 8.07 Å². The third kappa shape index (κ3) is 6.06. The Kier molecular flexibility index (Phi) is 8.91. The van der Waals surface area contributed by atoms with E-state index in [4.69, 9.17) is 13.3 Å². The maximum absolute atomic E-state index is 7.21. The maximum atomic E-state index is 7.21. The lowest BCUT2D eigenvalue weighted by Crippen LogP contribution is -2.77. The van der Waals surface area contributed by atoms with Gasteiger partial charge in [-0.1, -0.05) is 158 Å². The van der Waals surface area contributed by atoms with E-state index in [0.717, 1.165) is 99.9 Å². The van der Waals surface area contributed by atoms with Crippen molar-refractivity contribution in [2.75, 3.05) is 9.80 Å². The fourth-order valence-corrected chi connectivity index (χ4v) is 16.8. The molecule has 0 aliphatic carbocycles. The van der Waals surface area contributed by atoms with E-state index in [1.807, 2.05) is 12.1 Å². The van der Waals surface area contributed by atoms with E-state index in [0.29, 0.717) is 0 Å². The van der Waals surface area contributed by atoms with Gasteiger partial charge >= 0.3 is 0 Å². The molecule has 4 heterocycles. The zero-order valence-corrected chi connectivity index (χ0v) is 39.9. The minimum atomic E-state index is -3.33. The fourth-order valence-electron chi connectivity index (χ4n) is 11.7. The first-order valence-electron chi connectivity index (χ1n) is 24.5. The average Bonchev–Trinajstić information content (AvgIpc) is 4.13. The summed E-state index contributed by atoms with van der Waals surface area (Å²) < 4.78 is 20.7. The zero-order valence-electron chi connectivity index (χ0n) is 38.9. The van der Waals surface area contributed by atoms with Gasteiger partial charge in [0.2, 0.25) is 0 Å². The lowest BCUT2D eigenvalue weighted by Gasteiger charge is -2.45. The monoisotopic (exact) mass is 938 g/mol. The Bertz CT molecular complexity index is 4290. The van der Waals surface area contributed by atoms with Gasteiger partial charge in [-0.05, 0) is 123 Å². The van der Waals surface area contributed by atoms with Crippen molar-refractivity contribution in [2.45, 2.75) is 0 Å². The molecule has 0 saturated heterocycles. The molecular formula is C66H42N2O3Si. The van der Waals surface area contributed by atoms with Gasteiger partial charge in [-0.2, -0.15) is 0 Å². The molecule has 72 heavy (non-hydrogen) atoms. The summed E-state index contributed by atoms with van der Waals surface area (Å²) in [5, 5.41) is 11.4.